The Kier molecular flexibility index (Phi) is 4.96. The Balaban J connectivity index is 1.20. The second-order valence-electron chi connectivity index (χ2n) is 12.2. The summed E-state index contributed by atoms with van der Waals surface area (Å²) in [5, 5.41) is 10.6. The van der Waals surface area contributed by atoms with E-state index in [1.807, 2.05) is 29.5 Å². The predicted octanol–water partition coefficient (Wildman–Crippen LogP) is 11.8. The molecule has 0 bridgehead atoms. The Morgan fingerprint density at radius 2 is 1.21 bits per heavy atom. The van der Waals surface area contributed by atoms with Gasteiger partial charge in [0.05, 0.1) is 22.2 Å². The van der Waals surface area contributed by atoms with Gasteiger partial charge in [0, 0.05) is 58.7 Å². The summed E-state index contributed by atoms with van der Waals surface area (Å²) in [6.07, 6.45) is 0. The van der Waals surface area contributed by atoms with Crippen LogP contribution in [0.5, 0.6) is 0 Å². The van der Waals surface area contributed by atoms with Gasteiger partial charge in [-0.15, -0.1) is 11.3 Å². The molecule has 0 aliphatic rings. The van der Waals surface area contributed by atoms with E-state index >= 15 is 0 Å². The number of thiophene rings is 1. The van der Waals surface area contributed by atoms with Gasteiger partial charge in [-0.1, -0.05) is 84.9 Å². The Hall–Kier alpha value is -6.04. The Morgan fingerprint density at radius 3 is 2.13 bits per heavy atom. The van der Waals surface area contributed by atoms with Crippen LogP contribution < -0.4 is 0 Å². The first-order chi connectivity index (χ1) is 23.3. The molecule has 7 aromatic carbocycles. The van der Waals surface area contributed by atoms with Crippen LogP contribution in [0.4, 0.5) is 0 Å². The molecule has 4 nitrogen and oxygen atoms in total. The van der Waals surface area contributed by atoms with Gasteiger partial charge in [0.1, 0.15) is 11.2 Å². The molecule has 0 radical (unpaired) electrons. The number of benzene rings is 7. The number of nitrogens with zero attached hydrogens (tertiary/aromatic N) is 3. The zero-order valence-corrected chi connectivity index (χ0v) is 25.8. The molecule has 0 spiro atoms. The maximum atomic E-state index is 6.35. The fourth-order valence-corrected chi connectivity index (χ4v) is 8.51. The lowest BCUT2D eigenvalue weighted by Gasteiger charge is -2.12. The van der Waals surface area contributed by atoms with Gasteiger partial charge in [-0.2, -0.15) is 0 Å². The first-order valence-electron chi connectivity index (χ1n) is 15.7. The smallest absolute Gasteiger partial charge is 0.235 e. The van der Waals surface area contributed by atoms with Crippen molar-refractivity contribution in [1.82, 2.24) is 14.5 Å². The number of para-hydroxylation sites is 3. The van der Waals surface area contributed by atoms with Gasteiger partial charge >= 0.3 is 0 Å². The highest BCUT2D eigenvalue weighted by molar-refractivity contribution is 7.25. The van der Waals surface area contributed by atoms with Crippen molar-refractivity contribution < 1.29 is 4.42 Å². The third-order valence-corrected chi connectivity index (χ3v) is 10.7. The van der Waals surface area contributed by atoms with E-state index < -0.39 is 0 Å². The lowest BCUT2D eigenvalue weighted by Crippen LogP contribution is -2.03. The largest absolute Gasteiger partial charge is 0.456 e. The molecule has 4 aromatic heterocycles. The van der Waals surface area contributed by atoms with Crippen LogP contribution in [0.25, 0.3) is 103 Å². The highest BCUT2D eigenvalue weighted by Gasteiger charge is 2.20. The summed E-state index contributed by atoms with van der Waals surface area (Å²) >= 11 is 1.84. The van der Waals surface area contributed by atoms with Crippen LogP contribution >= 0.6 is 11.3 Å². The lowest BCUT2D eigenvalue weighted by atomic mass is 10.0. The molecule has 0 aliphatic carbocycles. The summed E-state index contributed by atoms with van der Waals surface area (Å²) < 4.78 is 11.1. The van der Waals surface area contributed by atoms with E-state index in [1.165, 1.54) is 30.9 Å². The van der Waals surface area contributed by atoms with Crippen LogP contribution in [0.15, 0.2) is 144 Å². The second kappa shape index (κ2) is 9.25. The van der Waals surface area contributed by atoms with Crippen molar-refractivity contribution in [3.63, 3.8) is 0 Å². The van der Waals surface area contributed by atoms with Gasteiger partial charge in [-0.25, -0.2) is 9.97 Å². The molecular weight excluding hydrogens is 595 g/mol. The van der Waals surface area contributed by atoms with Crippen LogP contribution in [0.2, 0.25) is 0 Å². The molecule has 47 heavy (non-hydrogen) atoms. The standard InChI is InChI=1S/C42H23N3OS/c1-2-10-25-21-40-33(19-24(25)9-1)32-20-26(17-18-39(32)47-40)41-29-13-3-6-14-34(29)43-42(44-41)45-35-15-7-4-11-27(35)30-22-31-28-12-5-8-16-37(28)46-38(31)23-36(30)45/h1-23H. The SMILES string of the molecule is c1ccc2cc3c(cc2c1)sc1ccc(-c2nc(-n4c5ccccc5c5cc6c(cc54)oc4ccccc46)nc4ccccc24)cc13. The summed E-state index contributed by atoms with van der Waals surface area (Å²) in [6.45, 7) is 0. The molecule has 0 saturated carbocycles. The van der Waals surface area contributed by atoms with Crippen molar-refractivity contribution in [1.29, 1.82) is 0 Å². The molecule has 0 amide bonds. The molecule has 11 aromatic rings. The average Bonchev–Trinajstić information content (AvgIpc) is 3.77. The number of hydrogen-bond acceptors (Lipinski definition) is 4. The molecule has 0 saturated heterocycles. The molecule has 0 fully saturated rings. The molecule has 0 aliphatic heterocycles. The van der Waals surface area contributed by atoms with Gasteiger partial charge in [0.2, 0.25) is 5.95 Å². The van der Waals surface area contributed by atoms with Gasteiger partial charge in [0.25, 0.3) is 0 Å². The quantitative estimate of drug-likeness (QED) is 0.194. The van der Waals surface area contributed by atoms with E-state index in [9.17, 15) is 0 Å². The molecule has 4 heterocycles. The van der Waals surface area contributed by atoms with Crippen molar-refractivity contribution in [3.8, 4) is 17.2 Å². The predicted molar refractivity (Wildman–Crippen MR) is 197 cm³/mol. The van der Waals surface area contributed by atoms with E-state index in [-0.39, 0.29) is 0 Å². The Morgan fingerprint density at radius 1 is 0.468 bits per heavy atom. The first kappa shape index (κ1) is 25.2. The minimum atomic E-state index is 0.640. The minimum absolute atomic E-state index is 0.640. The zero-order chi connectivity index (χ0) is 30.6. The maximum absolute atomic E-state index is 6.35. The molecule has 0 unspecified atom stereocenters. The summed E-state index contributed by atoms with van der Waals surface area (Å²) in [4.78, 5) is 10.6. The molecule has 218 valence electrons. The van der Waals surface area contributed by atoms with Crippen LogP contribution in [-0.2, 0) is 0 Å². The third-order valence-electron chi connectivity index (χ3n) is 9.57. The summed E-state index contributed by atoms with van der Waals surface area (Å²) in [5.74, 6) is 0.640. The molecule has 0 N–H and O–H groups in total. The zero-order valence-electron chi connectivity index (χ0n) is 24.9. The highest BCUT2D eigenvalue weighted by atomic mass is 32.1. The number of aromatic nitrogens is 3. The van der Waals surface area contributed by atoms with Crippen molar-refractivity contribution in [2.45, 2.75) is 0 Å². The topological polar surface area (TPSA) is 43.9 Å². The Bertz CT molecular complexity index is 3090. The molecular formula is C42H23N3OS. The maximum Gasteiger partial charge on any atom is 0.235 e. The van der Waals surface area contributed by atoms with Crippen molar-refractivity contribution >= 4 is 96.9 Å². The first-order valence-corrected chi connectivity index (χ1v) is 16.6. The molecule has 11 rings (SSSR count). The van der Waals surface area contributed by atoms with Gasteiger partial charge < -0.3 is 4.42 Å². The molecule has 0 atom stereocenters. The van der Waals surface area contributed by atoms with Crippen LogP contribution in [-0.4, -0.2) is 14.5 Å². The summed E-state index contributed by atoms with van der Waals surface area (Å²) in [7, 11) is 0. The van der Waals surface area contributed by atoms with Crippen LogP contribution in [0.3, 0.4) is 0 Å². The van der Waals surface area contributed by atoms with E-state index in [0.717, 1.165) is 65.9 Å². The van der Waals surface area contributed by atoms with Gasteiger partial charge in [-0.05, 0) is 59.3 Å². The van der Waals surface area contributed by atoms with E-state index in [1.54, 1.807) is 0 Å². The number of fused-ring (bicyclic) bond motifs is 11. The van der Waals surface area contributed by atoms with Crippen molar-refractivity contribution in [2.75, 3.05) is 0 Å². The Labute approximate surface area is 271 Å². The van der Waals surface area contributed by atoms with Crippen LogP contribution in [0, 0.1) is 0 Å². The number of furan rings is 1. The highest BCUT2D eigenvalue weighted by Crippen LogP contribution is 2.41. The third kappa shape index (κ3) is 3.57. The normalized spacial score (nSPS) is 12.3. The van der Waals surface area contributed by atoms with Crippen molar-refractivity contribution in [3.05, 3.63) is 140 Å². The van der Waals surface area contributed by atoms with Crippen molar-refractivity contribution in [2.24, 2.45) is 0 Å². The fraction of sp³-hybridized carbons (Fsp3) is 0. The second-order valence-corrected chi connectivity index (χ2v) is 13.3. The number of rotatable bonds is 2. The monoisotopic (exact) mass is 617 g/mol. The number of hydrogen-bond donors (Lipinski definition) is 0. The van der Waals surface area contributed by atoms with Crippen LogP contribution in [0.1, 0.15) is 0 Å². The summed E-state index contributed by atoms with van der Waals surface area (Å²) in [6, 6.07) is 49.5. The lowest BCUT2D eigenvalue weighted by molar-refractivity contribution is 0.669. The fourth-order valence-electron chi connectivity index (χ4n) is 7.40. The molecule has 5 heteroatoms. The summed E-state index contributed by atoms with van der Waals surface area (Å²) in [5.41, 5.74) is 6.72. The van der Waals surface area contributed by atoms with Gasteiger partial charge in [0.15, 0.2) is 0 Å². The average molecular weight is 618 g/mol. The minimum Gasteiger partial charge on any atom is -0.456 e. The van der Waals surface area contributed by atoms with E-state index in [0.29, 0.717) is 5.95 Å². The van der Waals surface area contributed by atoms with E-state index in [2.05, 4.69) is 126 Å². The van der Waals surface area contributed by atoms with E-state index in [4.69, 9.17) is 14.4 Å². The van der Waals surface area contributed by atoms with Gasteiger partial charge in [-0.3, -0.25) is 4.57 Å².